The molecule has 10 aromatic rings. The van der Waals surface area contributed by atoms with Crippen molar-refractivity contribution < 1.29 is 8.83 Å². The molecule has 0 atom stereocenters. The minimum Gasteiger partial charge on any atom is -0.454 e. The van der Waals surface area contributed by atoms with Crippen LogP contribution in [-0.4, -0.2) is 14.5 Å². The van der Waals surface area contributed by atoms with Gasteiger partial charge in [-0.05, 0) is 30.3 Å². The fourth-order valence-electron chi connectivity index (χ4n) is 6.88. The smallest absolute Gasteiger partial charge is 0.231 e. The van der Waals surface area contributed by atoms with Crippen molar-refractivity contribution in [1.29, 1.82) is 0 Å². The summed E-state index contributed by atoms with van der Waals surface area (Å²) in [5.41, 5.74) is 8.95. The molecule has 210 valence electrons. The van der Waals surface area contributed by atoms with Gasteiger partial charge in [0.1, 0.15) is 11.2 Å². The summed E-state index contributed by atoms with van der Waals surface area (Å²) in [7, 11) is 0. The van der Waals surface area contributed by atoms with Crippen LogP contribution in [0, 0.1) is 0 Å². The van der Waals surface area contributed by atoms with Crippen molar-refractivity contribution in [3.8, 4) is 28.3 Å². The maximum atomic E-state index is 6.63. The molecule has 4 heterocycles. The largest absolute Gasteiger partial charge is 0.454 e. The molecular weight excluding hydrogens is 554 g/mol. The summed E-state index contributed by atoms with van der Waals surface area (Å²) in [6.07, 6.45) is 0. The highest BCUT2D eigenvalue weighted by Crippen LogP contribution is 2.43. The Morgan fingerprint density at radius 2 is 1.16 bits per heavy atom. The van der Waals surface area contributed by atoms with Crippen LogP contribution in [0.25, 0.3) is 94.1 Å². The van der Waals surface area contributed by atoms with E-state index < -0.39 is 0 Å². The number of rotatable bonds is 3. The molecule has 0 aliphatic heterocycles. The third-order valence-electron chi connectivity index (χ3n) is 8.85. The van der Waals surface area contributed by atoms with E-state index in [-0.39, 0.29) is 0 Å². The summed E-state index contributed by atoms with van der Waals surface area (Å²) in [5, 5.41) is 6.38. The summed E-state index contributed by atoms with van der Waals surface area (Å²) in [5.74, 6) is 0.619. The third kappa shape index (κ3) is 3.43. The summed E-state index contributed by atoms with van der Waals surface area (Å²) in [4.78, 5) is 10.2. The molecule has 5 nitrogen and oxygen atoms in total. The molecule has 0 saturated carbocycles. The third-order valence-corrected chi connectivity index (χ3v) is 8.85. The Hall–Kier alpha value is -6.20. The molecule has 4 aromatic heterocycles. The van der Waals surface area contributed by atoms with E-state index in [1.807, 2.05) is 60.7 Å². The summed E-state index contributed by atoms with van der Waals surface area (Å²) in [6, 6.07) is 47.8. The van der Waals surface area contributed by atoms with Crippen molar-refractivity contribution in [2.75, 3.05) is 0 Å². The van der Waals surface area contributed by atoms with E-state index in [0.717, 1.165) is 82.6 Å². The van der Waals surface area contributed by atoms with Crippen molar-refractivity contribution in [3.05, 3.63) is 140 Å². The predicted octanol–water partition coefficient (Wildman–Crippen LogP) is 10.7. The van der Waals surface area contributed by atoms with Gasteiger partial charge < -0.3 is 13.4 Å². The quantitative estimate of drug-likeness (QED) is 0.210. The van der Waals surface area contributed by atoms with E-state index in [4.69, 9.17) is 18.8 Å². The zero-order valence-corrected chi connectivity index (χ0v) is 23.9. The van der Waals surface area contributed by atoms with E-state index in [9.17, 15) is 0 Å². The Kier molecular flexibility index (Phi) is 4.93. The van der Waals surface area contributed by atoms with Gasteiger partial charge in [-0.1, -0.05) is 109 Å². The van der Waals surface area contributed by atoms with Crippen LogP contribution in [0.5, 0.6) is 0 Å². The lowest BCUT2D eigenvalue weighted by Gasteiger charge is -2.15. The molecule has 0 bridgehead atoms. The second-order valence-corrected chi connectivity index (χ2v) is 11.3. The van der Waals surface area contributed by atoms with Gasteiger partial charge >= 0.3 is 0 Å². The van der Waals surface area contributed by atoms with Gasteiger partial charge in [-0.15, -0.1) is 0 Å². The summed E-state index contributed by atoms with van der Waals surface area (Å²) >= 11 is 0. The summed E-state index contributed by atoms with van der Waals surface area (Å²) in [6.45, 7) is 0. The number of hydrogen-bond donors (Lipinski definition) is 0. The lowest BCUT2D eigenvalue weighted by Crippen LogP contribution is -2.00. The van der Waals surface area contributed by atoms with E-state index >= 15 is 0 Å². The number of benzene rings is 6. The van der Waals surface area contributed by atoms with Crippen molar-refractivity contribution in [2.24, 2.45) is 0 Å². The van der Waals surface area contributed by atoms with Crippen LogP contribution in [-0.2, 0) is 0 Å². The van der Waals surface area contributed by atoms with Gasteiger partial charge in [0.2, 0.25) is 5.71 Å². The summed E-state index contributed by atoms with van der Waals surface area (Å²) < 4.78 is 15.3. The molecular formula is C40H23N3O2. The molecule has 0 fully saturated rings. The maximum Gasteiger partial charge on any atom is 0.231 e. The topological polar surface area (TPSA) is 57.0 Å². The molecule has 0 N–H and O–H groups in total. The zero-order chi connectivity index (χ0) is 29.5. The number of fused-ring (bicyclic) bond motifs is 10. The Balaban J connectivity index is 1.37. The van der Waals surface area contributed by atoms with Crippen molar-refractivity contribution in [3.63, 3.8) is 0 Å². The van der Waals surface area contributed by atoms with Gasteiger partial charge in [0.05, 0.1) is 27.8 Å². The zero-order valence-electron chi connectivity index (χ0n) is 23.9. The second-order valence-electron chi connectivity index (χ2n) is 11.3. The van der Waals surface area contributed by atoms with Gasteiger partial charge in [-0.25, -0.2) is 4.98 Å². The van der Waals surface area contributed by atoms with Crippen LogP contribution in [0.2, 0.25) is 0 Å². The standard InChI is InChI=1S/C40H23N3O2/c1-2-12-24(13-3-1)39-41-36(35-30-17-7-11-21-34(30)45-40(35)42-39)29-16-5-9-19-32(29)43-31-18-8-4-14-25(31)27-22-23-28-26-15-6-10-20-33(26)44-38(28)37(27)43/h1-23H. The van der Waals surface area contributed by atoms with Gasteiger partial charge in [-0.2, -0.15) is 4.98 Å². The number of hydrogen-bond acceptors (Lipinski definition) is 4. The highest BCUT2D eigenvalue weighted by molar-refractivity contribution is 6.22. The van der Waals surface area contributed by atoms with E-state index in [1.54, 1.807) is 0 Å². The Bertz CT molecular complexity index is 2770. The Morgan fingerprint density at radius 1 is 0.489 bits per heavy atom. The molecule has 0 saturated heterocycles. The van der Waals surface area contributed by atoms with Gasteiger partial charge in [0, 0.05) is 38.1 Å². The minimum atomic E-state index is 0.566. The van der Waals surface area contributed by atoms with Gasteiger partial charge in [0.15, 0.2) is 11.4 Å². The van der Waals surface area contributed by atoms with Crippen LogP contribution in [0.1, 0.15) is 0 Å². The van der Waals surface area contributed by atoms with Crippen LogP contribution in [0.15, 0.2) is 148 Å². The first-order valence-corrected chi connectivity index (χ1v) is 15.0. The lowest BCUT2D eigenvalue weighted by molar-refractivity contribution is 0.653. The maximum absolute atomic E-state index is 6.63. The van der Waals surface area contributed by atoms with E-state index in [1.165, 1.54) is 0 Å². The van der Waals surface area contributed by atoms with Crippen LogP contribution in [0.3, 0.4) is 0 Å². The first-order valence-electron chi connectivity index (χ1n) is 15.0. The first kappa shape index (κ1) is 24.3. The van der Waals surface area contributed by atoms with Crippen LogP contribution < -0.4 is 0 Å². The Morgan fingerprint density at radius 3 is 2.02 bits per heavy atom. The average molecular weight is 578 g/mol. The first-order chi connectivity index (χ1) is 22.3. The SMILES string of the molecule is c1ccc(-c2nc(-c3ccccc3-n3c4ccccc4c4ccc5c6ccccc6oc5c43)c3c(n2)oc2ccccc23)cc1. The molecule has 0 radical (unpaired) electrons. The number of para-hydroxylation sites is 4. The normalized spacial score (nSPS) is 12.0. The van der Waals surface area contributed by atoms with Gasteiger partial charge in [0.25, 0.3) is 0 Å². The van der Waals surface area contributed by atoms with Crippen molar-refractivity contribution >= 4 is 65.8 Å². The second kappa shape index (κ2) is 9.15. The average Bonchev–Trinajstić information content (AvgIpc) is 3.78. The van der Waals surface area contributed by atoms with Gasteiger partial charge in [-0.3, -0.25) is 0 Å². The fourth-order valence-corrected chi connectivity index (χ4v) is 6.88. The molecule has 0 aliphatic carbocycles. The Labute approximate surface area is 256 Å². The number of furan rings is 2. The molecule has 6 aromatic carbocycles. The van der Waals surface area contributed by atoms with E-state index in [2.05, 4.69) is 83.4 Å². The highest BCUT2D eigenvalue weighted by Gasteiger charge is 2.24. The minimum absolute atomic E-state index is 0.566. The highest BCUT2D eigenvalue weighted by atomic mass is 16.3. The lowest BCUT2D eigenvalue weighted by atomic mass is 10.0. The molecule has 0 unspecified atom stereocenters. The molecule has 0 spiro atoms. The predicted molar refractivity (Wildman–Crippen MR) is 182 cm³/mol. The van der Waals surface area contributed by atoms with E-state index in [0.29, 0.717) is 11.5 Å². The monoisotopic (exact) mass is 577 g/mol. The molecule has 5 heteroatoms. The number of aromatic nitrogens is 3. The van der Waals surface area contributed by atoms with Crippen molar-refractivity contribution in [1.82, 2.24) is 14.5 Å². The molecule has 0 aliphatic rings. The molecule has 10 rings (SSSR count). The van der Waals surface area contributed by atoms with Crippen LogP contribution in [0.4, 0.5) is 0 Å². The fraction of sp³-hybridized carbons (Fsp3) is 0. The molecule has 45 heavy (non-hydrogen) atoms. The number of nitrogens with zero attached hydrogens (tertiary/aromatic N) is 3. The molecule has 0 amide bonds. The van der Waals surface area contributed by atoms with Crippen molar-refractivity contribution in [2.45, 2.75) is 0 Å². The van der Waals surface area contributed by atoms with Crippen LogP contribution >= 0.6 is 0 Å².